The van der Waals surface area contributed by atoms with Crippen molar-refractivity contribution in [2.45, 2.75) is 0 Å². The number of hydrogen-bond donors (Lipinski definition) is 3. The second kappa shape index (κ2) is 6.67. The first-order valence-electron chi connectivity index (χ1n) is 6.95. The lowest BCUT2D eigenvalue weighted by Gasteiger charge is -2.12. The topological polar surface area (TPSA) is 87.1 Å². The van der Waals surface area contributed by atoms with E-state index in [1.165, 1.54) is 0 Å². The van der Waals surface area contributed by atoms with Gasteiger partial charge in [-0.15, -0.1) is 0 Å². The standard InChI is InChI=1S/C17H14N4O2/c22-17(21-23)14-7-6-13(20-16-11-18-8-9-19-16)10-15(14)12-4-2-1-3-5-12/h1-11,23H,(H,19,20)(H,21,22). The lowest BCUT2D eigenvalue weighted by atomic mass is 9.98. The molecule has 3 rings (SSSR count). The molecule has 0 radical (unpaired) electrons. The van der Waals surface area contributed by atoms with Gasteiger partial charge in [0.05, 0.1) is 6.20 Å². The van der Waals surface area contributed by atoms with Crippen LogP contribution in [0.15, 0.2) is 67.1 Å². The van der Waals surface area contributed by atoms with Crippen molar-refractivity contribution in [3.8, 4) is 11.1 Å². The van der Waals surface area contributed by atoms with Gasteiger partial charge >= 0.3 is 0 Å². The van der Waals surface area contributed by atoms with Crippen LogP contribution in [0, 0.1) is 0 Å². The highest BCUT2D eigenvalue weighted by Gasteiger charge is 2.13. The van der Waals surface area contributed by atoms with Crippen LogP contribution in [0.5, 0.6) is 0 Å². The minimum absolute atomic E-state index is 0.378. The Balaban J connectivity index is 2.03. The number of anilines is 2. The van der Waals surface area contributed by atoms with Gasteiger partial charge in [-0.05, 0) is 29.3 Å². The first-order chi connectivity index (χ1) is 11.3. The summed E-state index contributed by atoms with van der Waals surface area (Å²) in [5, 5.41) is 12.1. The number of hydroxylamine groups is 1. The fourth-order valence-electron chi connectivity index (χ4n) is 2.25. The highest BCUT2D eigenvalue weighted by atomic mass is 16.5. The normalized spacial score (nSPS) is 10.1. The molecule has 1 amide bonds. The van der Waals surface area contributed by atoms with Crippen molar-refractivity contribution in [2.75, 3.05) is 5.32 Å². The number of amides is 1. The Morgan fingerprint density at radius 2 is 1.87 bits per heavy atom. The molecule has 0 aliphatic carbocycles. The number of aromatic nitrogens is 2. The van der Waals surface area contributed by atoms with Crippen molar-refractivity contribution in [2.24, 2.45) is 0 Å². The maximum absolute atomic E-state index is 11.9. The second-order valence-electron chi connectivity index (χ2n) is 4.78. The highest BCUT2D eigenvalue weighted by molar-refractivity contribution is 6.01. The number of nitrogens with one attached hydrogen (secondary N) is 2. The molecule has 6 heteroatoms. The summed E-state index contributed by atoms with van der Waals surface area (Å²) in [6, 6.07) is 14.7. The molecule has 0 saturated heterocycles. The first-order valence-corrected chi connectivity index (χ1v) is 6.95. The number of carbonyl (C=O) groups is 1. The zero-order valence-corrected chi connectivity index (χ0v) is 12.1. The third-order valence-corrected chi connectivity index (χ3v) is 3.29. The Labute approximate surface area is 132 Å². The third-order valence-electron chi connectivity index (χ3n) is 3.29. The first kappa shape index (κ1) is 14.7. The molecule has 1 aromatic heterocycles. The molecule has 0 atom stereocenters. The van der Waals surface area contributed by atoms with E-state index in [1.54, 1.807) is 36.2 Å². The maximum Gasteiger partial charge on any atom is 0.275 e. The van der Waals surface area contributed by atoms with E-state index in [4.69, 9.17) is 5.21 Å². The van der Waals surface area contributed by atoms with Crippen LogP contribution in [0.1, 0.15) is 10.4 Å². The van der Waals surface area contributed by atoms with Crippen LogP contribution in [0.4, 0.5) is 11.5 Å². The molecule has 3 N–H and O–H groups in total. The van der Waals surface area contributed by atoms with E-state index in [9.17, 15) is 4.79 Å². The predicted octanol–water partition coefficient (Wildman–Crippen LogP) is 3.01. The average Bonchev–Trinajstić information content (AvgIpc) is 2.62. The fraction of sp³-hybridized carbons (Fsp3) is 0. The lowest BCUT2D eigenvalue weighted by Crippen LogP contribution is -2.19. The Hall–Kier alpha value is -3.25. The van der Waals surface area contributed by atoms with Crippen molar-refractivity contribution in [1.29, 1.82) is 0 Å². The van der Waals surface area contributed by atoms with Gasteiger partial charge in [0.1, 0.15) is 5.82 Å². The maximum atomic E-state index is 11.9. The average molecular weight is 306 g/mol. The zero-order chi connectivity index (χ0) is 16.1. The van der Waals surface area contributed by atoms with Gasteiger partial charge in [-0.2, -0.15) is 0 Å². The van der Waals surface area contributed by atoms with E-state index < -0.39 is 5.91 Å². The molecule has 1 heterocycles. The van der Waals surface area contributed by atoms with E-state index >= 15 is 0 Å². The number of hydrogen-bond acceptors (Lipinski definition) is 5. The molecule has 0 aliphatic rings. The minimum Gasteiger partial charge on any atom is -0.339 e. The number of benzene rings is 2. The summed E-state index contributed by atoms with van der Waals surface area (Å²) in [6.45, 7) is 0. The molecule has 23 heavy (non-hydrogen) atoms. The molecule has 0 unspecified atom stereocenters. The Morgan fingerprint density at radius 1 is 1.04 bits per heavy atom. The summed E-state index contributed by atoms with van der Waals surface area (Å²) >= 11 is 0. The molecule has 0 aliphatic heterocycles. The van der Waals surface area contributed by atoms with Crippen LogP contribution in [0.3, 0.4) is 0 Å². The van der Waals surface area contributed by atoms with Crippen molar-refractivity contribution < 1.29 is 10.0 Å². The molecule has 6 nitrogen and oxygen atoms in total. The zero-order valence-electron chi connectivity index (χ0n) is 12.1. The van der Waals surface area contributed by atoms with Gasteiger partial charge in [-0.25, -0.2) is 10.5 Å². The number of nitrogens with zero attached hydrogens (tertiary/aromatic N) is 2. The van der Waals surface area contributed by atoms with Gasteiger partial charge in [0, 0.05) is 23.6 Å². The highest BCUT2D eigenvalue weighted by Crippen LogP contribution is 2.28. The van der Waals surface area contributed by atoms with Crippen LogP contribution in [0.25, 0.3) is 11.1 Å². The molecular weight excluding hydrogens is 292 g/mol. The van der Waals surface area contributed by atoms with Crippen molar-refractivity contribution >= 4 is 17.4 Å². The molecule has 114 valence electrons. The van der Waals surface area contributed by atoms with E-state index in [0.717, 1.165) is 11.3 Å². The quantitative estimate of drug-likeness (QED) is 0.509. The van der Waals surface area contributed by atoms with Crippen molar-refractivity contribution in [3.63, 3.8) is 0 Å². The van der Waals surface area contributed by atoms with Gasteiger partial charge in [-0.1, -0.05) is 30.3 Å². The van der Waals surface area contributed by atoms with E-state index in [1.807, 2.05) is 36.4 Å². The molecule has 0 spiro atoms. The number of rotatable bonds is 4. The van der Waals surface area contributed by atoms with Crippen LogP contribution in [-0.2, 0) is 0 Å². The lowest BCUT2D eigenvalue weighted by molar-refractivity contribution is 0.0707. The third kappa shape index (κ3) is 3.33. The minimum atomic E-state index is -0.560. The summed E-state index contributed by atoms with van der Waals surface area (Å²) in [4.78, 5) is 20.0. The van der Waals surface area contributed by atoms with Crippen LogP contribution >= 0.6 is 0 Å². The molecular formula is C17H14N4O2. The van der Waals surface area contributed by atoms with E-state index in [-0.39, 0.29) is 0 Å². The van der Waals surface area contributed by atoms with Crippen LogP contribution in [0.2, 0.25) is 0 Å². The Morgan fingerprint density at radius 3 is 2.57 bits per heavy atom. The second-order valence-corrected chi connectivity index (χ2v) is 4.78. The molecule has 0 bridgehead atoms. The molecule has 2 aromatic carbocycles. The summed E-state index contributed by atoms with van der Waals surface area (Å²) in [5.41, 5.74) is 4.39. The molecule has 0 fully saturated rings. The fourth-order valence-corrected chi connectivity index (χ4v) is 2.25. The summed E-state index contributed by atoms with van der Waals surface area (Å²) < 4.78 is 0. The van der Waals surface area contributed by atoms with Crippen LogP contribution in [-0.4, -0.2) is 21.1 Å². The molecule has 0 saturated carbocycles. The smallest absolute Gasteiger partial charge is 0.275 e. The molecule has 3 aromatic rings. The number of carbonyl (C=O) groups excluding carboxylic acids is 1. The summed E-state index contributed by atoms with van der Waals surface area (Å²) in [7, 11) is 0. The van der Waals surface area contributed by atoms with Gasteiger partial charge < -0.3 is 5.32 Å². The van der Waals surface area contributed by atoms with Gasteiger partial charge in [0.25, 0.3) is 5.91 Å². The predicted molar refractivity (Wildman–Crippen MR) is 86.4 cm³/mol. The summed E-state index contributed by atoms with van der Waals surface area (Å²) in [5.74, 6) is 0.0424. The SMILES string of the molecule is O=C(NO)c1ccc(Nc2cnccn2)cc1-c1ccccc1. The van der Waals surface area contributed by atoms with Crippen molar-refractivity contribution in [1.82, 2.24) is 15.4 Å². The van der Waals surface area contributed by atoms with Crippen LogP contribution < -0.4 is 10.8 Å². The van der Waals surface area contributed by atoms with E-state index in [0.29, 0.717) is 16.9 Å². The van der Waals surface area contributed by atoms with E-state index in [2.05, 4.69) is 15.3 Å². The monoisotopic (exact) mass is 306 g/mol. The van der Waals surface area contributed by atoms with Crippen molar-refractivity contribution in [3.05, 3.63) is 72.7 Å². The van der Waals surface area contributed by atoms with Gasteiger partial charge in [0.15, 0.2) is 0 Å². The van der Waals surface area contributed by atoms with Gasteiger partial charge in [-0.3, -0.25) is 15.0 Å². The van der Waals surface area contributed by atoms with Gasteiger partial charge in [0.2, 0.25) is 0 Å². The Bertz CT molecular complexity index is 807. The largest absolute Gasteiger partial charge is 0.339 e. The Kier molecular flexibility index (Phi) is 4.26. The summed E-state index contributed by atoms with van der Waals surface area (Å²) in [6.07, 6.45) is 4.79.